The number of nitrogens with two attached hydrogens (primary N) is 1. The Morgan fingerprint density at radius 3 is 2.71 bits per heavy atom. The van der Waals surface area contributed by atoms with Crippen molar-refractivity contribution in [2.24, 2.45) is 0 Å². The van der Waals surface area contributed by atoms with E-state index in [0.29, 0.717) is 25.6 Å². The summed E-state index contributed by atoms with van der Waals surface area (Å²) in [5, 5.41) is 0.811. The topological polar surface area (TPSA) is 84.6 Å². The van der Waals surface area contributed by atoms with Crippen LogP contribution in [0.2, 0.25) is 0 Å². The van der Waals surface area contributed by atoms with Crippen LogP contribution in [0.4, 0.5) is 15.9 Å². The van der Waals surface area contributed by atoms with Gasteiger partial charge in [-0.05, 0) is 6.92 Å². The lowest BCUT2D eigenvalue weighted by Gasteiger charge is -2.33. The van der Waals surface area contributed by atoms with Crippen LogP contribution in [0.5, 0.6) is 0 Å². The van der Waals surface area contributed by atoms with Crippen molar-refractivity contribution in [3.8, 4) is 0 Å². The number of ether oxygens (including phenoxy) is 1. The van der Waals surface area contributed by atoms with Gasteiger partial charge < -0.3 is 20.3 Å². The monoisotopic (exact) mass is 257 g/mol. The molecule has 7 nitrogen and oxygen atoms in total. The number of aromatic nitrogens is 2. The molecule has 17 heavy (non-hydrogen) atoms. The first-order chi connectivity index (χ1) is 8.20. The molecular weight excluding hydrogens is 242 g/mol. The Hall–Kier alpha value is -1.57. The summed E-state index contributed by atoms with van der Waals surface area (Å²) in [5.74, 6) is 0.304. The Bertz CT molecular complexity index is 388. The highest BCUT2D eigenvalue weighted by atomic mass is 32.1. The second-order valence-corrected chi connectivity index (χ2v) is 4.34. The fourth-order valence-electron chi connectivity index (χ4n) is 1.65. The van der Waals surface area contributed by atoms with E-state index < -0.39 is 0 Å². The number of anilines is 2. The molecule has 0 aliphatic carbocycles. The van der Waals surface area contributed by atoms with Crippen LogP contribution in [0.1, 0.15) is 6.92 Å². The molecule has 0 atom stereocenters. The molecule has 1 saturated heterocycles. The van der Waals surface area contributed by atoms with Crippen molar-refractivity contribution in [3.63, 3.8) is 0 Å². The molecule has 1 aliphatic heterocycles. The van der Waals surface area contributed by atoms with Crippen LogP contribution >= 0.6 is 11.5 Å². The smallest absolute Gasteiger partial charge is 0.409 e. The largest absolute Gasteiger partial charge is 0.450 e. The first-order valence-electron chi connectivity index (χ1n) is 5.46. The number of rotatable bonds is 2. The predicted molar refractivity (Wildman–Crippen MR) is 65.1 cm³/mol. The van der Waals surface area contributed by atoms with Crippen LogP contribution in [0.15, 0.2) is 0 Å². The zero-order valence-corrected chi connectivity index (χ0v) is 10.4. The molecule has 2 heterocycles. The molecule has 0 unspecified atom stereocenters. The second kappa shape index (κ2) is 5.17. The quantitative estimate of drug-likeness (QED) is 0.825. The molecule has 0 aromatic carbocycles. The Morgan fingerprint density at radius 1 is 1.47 bits per heavy atom. The highest BCUT2D eigenvalue weighted by Crippen LogP contribution is 2.19. The van der Waals surface area contributed by atoms with Crippen LogP contribution in [-0.4, -0.2) is 53.1 Å². The van der Waals surface area contributed by atoms with Crippen LogP contribution in [0.3, 0.4) is 0 Å². The van der Waals surface area contributed by atoms with Crippen LogP contribution in [-0.2, 0) is 4.74 Å². The summed E-state index contributed by atoms with van der Waals surface area (Å²) in [4.78, 5) is 19.4. The van der Waals surface area contributed by atoms with Crippen molar-refractivity contribution < 1.29 is 9.53 Å². The van der Waals surface area contributed by atoms with E-state index in [9.17, 15) is 4.79 Å². The maximum atomic E-state index is 11.5. The first kappa shape index (κ1) is 11.9. The lowest BCUT2D eigenvalue weighted by atomic mass is 10.3. The lowest BCUT2D eigenvalue weighted by Crippen LogP contribution is -2.49. The van der Waals surface area contributed by atoms with E-state index in [1.165, 1.54) is 11.5 Å². The molecule has 2 N–H and O–H groups in total. The molecule has 1 fully saturated rings. The molecule has 0 bridgehead atoms. The molecule has 0 saturated carbocycles. The molecule has 0 spiro atoms. The highest BCUT2D eigenvalue weighted by molar-refractivity contribution is 7.09. The SMILES string of the molecule is CCOC(=O)N1CCN(c2nc(N)ns2)CC1. The zero-order chi connectivity index (χ0) is 12.3. The van der Waals surface area contributed by atoms with Gasteiger partial charge >= 0.3 is 6.09 Å². The Balaban J connectivity index is 1.88. The van der Waals surface area contributed by atoms with E-state index >= 15 is 0 Å². The van der Waals surface area contributed by atoms with Crippen molar-refractivity contribution in [2.75, 3.05) is 43.4 Å². The summed E-state index contributed by atoms with van der Waals surface area (Å²) in [7, 11) is 0. The Labute approximate surface area is 103 Å². The number of hydrogen-bond acceptors (Lipinski definition) is 7. The lowest BCUT2D eigenvalue weighted by molar-refractivity contribution is 0.105. The number of nitrogens with zero attached hydrogens (tertiary/aromatic N) is 4. The molecule has 1 aromatic heterocycles. The van der Waals surface area contributed by atoms with E-state index in [1.54, 1.807) is 11.8 Å². The van der Waals surface area contributed by atoms with E-state index in [-0.39, 0.29) is 6.09 Å². The number of hydrogen-bond donors (Lipinski definition) is 1. The van der Waals surface area contributed by atoms with Crippen molar-refractivity contribution >= 4 is 28.7 Å². The number of nitrogen functional groups attached to an aromatic ring is 1. The summed E-state index contributed by atoms with van der Waals surface area (Å²) < 4.78 is 8.89. The molecule has 2 rings (SSSR count). The molecule has 1 amide bonds. The van der Waals surface area contributed by atoms with E-state index in [0.717, 1.165) is 18.2 Å². The Kier molecular flexibility index (Phi) is 3.62. The van der Waals surface area contributed by atoms with Gasteiger partial charge in [-0.2, -0.15) is 9.36 Å². The van der Waals surface area contributed by atoms with Gasteiger partial charge in [-0.15, -0.1) is 0 Å². The van der Waals surface area contributed by atoms with Crippen molar-refractivity contribution in [1.82, 2.24) is 14.3 Å². The summed E-state index contributed by atoms with van der Waals surface area (Å²) in [6, 6.07) is 0. The minimum absolute atomic E-state index is 0.246. The van der Waals surface area contributed by atoms with Gasteiger partial charge in [0.2, 0.25) is 11.1 Å². The third-order valence-electron chi connectivity index (χ3n) is 2.51. The van der Waals surface area contributed by atoms with Gasteiger partial charge in [-0.3, -0.25) is 0 Å². The molecule has 94 valence electrons. The van der Waals surface area contributed by atoms with Crippen molar-refractivity contribution in [3.05, 3.63) is 0 Å². The molecule has 8 heteroatoms. The van der Waals surface area contributed by atoms with Crippen LogP contribution in [0.25, 0.3) is 0 Å². The van der Waals surface area contributed by atoms with Gasteiger partial charge in [0.05, 0.1) is 6.61 Å². The number of carbonyl (C=O) groups is 1. The zero-order valence-electron chi connectivity index (χ0n) is 9.63. The summed E-state index contributed by atoms with van der Waals surface area (Å²) in [6.45, 7) is 4.95. The van der Waals surface area contributed by atoms with Crippen LogP contribution < -0.4 is 10.6 Å². The molecular formula is C9H15N5O2S. The average Bonchev–Trinajstić information content (AvgIpc) is 2.76. The summed E-state index contributed by atoms with van der Waals surface area (Å²) in [6.07, 6.45) is -0.246. The van der Waals surface area contributed by atoms with E-state index in [1.807, 2.05) is 0 Å². The molecule has 0 radical (unpaired) electrons. The summed E-state index contributed by atoms with van der Waals surface area (Å²) in [5.41, 5.74) is 5.48. The molecule has 1 aromatic rings. The van der Waals surface area contributed by atoms with Gasteiger partial charge in [0.25, 0.3) is 0 Å². The number of amides is 1. The third kappa shape index (κ3) is 2.76. The van der Waals surface area contributed by atoms with E-state index in [2.05, 4.69) is 14.3 Å². The summed E-state index contributed by atoms with van der Waals surface area (Å²) >= 11 is 1.28. The van der Waals surface area contributed by atoms with Gasteiger partial charge in [-0.1, -0.05) is 0 Å². The Morgan fingerprint density at radius 2 is 2.18 bits per heavy atom. The van der Waals surface area contributed by atoms with Crippen molar-refractivity contribution in [1.29, 1.82) is 0 Å². The van der Waals surface area contributed by atoms with Gasteiger partial charge in [0.15, 0.2) is 0 Å². The fraction of sp³-hybridized carbons (Fsp3) is 0.667. The van der Waals surface area contributed by atoms with Crippen molar-refractivity contribution in [2.45, 2.75) is 6.92 Å². The molecule has 1 aliphatic rings. The normalized spacial score (nSPS) is 16.1. The van der Waals surface area contributed by atoms with Gasteiger partial charge in [-0.25, -0.2) is 4.79 Å². The minimum atomic E-state index is -0.246. The predicted octanol–water partition coefficient (Wildman–Crippen LogP) is 0.399. The van der Waals surface area contributed by atoms with Gasteiger partial charge in [0.1, 0.15) is 0 Å². The first-order valence-corrected chi connectivity index (χ1v) is 6.24. The average molecular weight is 257 g/mol. The second-order valence-electron chi connectivity index (χ2n) is 3.61. The van der Waals surface area contributed by atoms with Crippen LogP contribution in [0, 0.1) is 0 Å². The minimum Gasteiger partial charge on any atom is -0.450 e. The maximum absolute atomic E-state index is 11.5. The number of carbonyl (C=O) groups excluding carboxylic acids is 1. The number of piperazine rings is 1. The standard InChI is InChI=1S/C9H15N5O2S/c1-2-16-9(15)14-5-3-13(4-6-14)8-11-7(10)12-17-8/h2-6H2,1H3,(H2,10,12). The van der Waals surface area contributed by atoms with Gasteiger partial charge in [0, 0.05) is 37.7 Å². The maximum Gasteiger partial charge on any atom is 0.409 e. The van der Waals surface area contributed by atoms with E-state index in [4.69, 9.17) is 10.5 Å². The third-order valence-corrected chi connectivity index (χ3v) is 3.30. The fourth-order valence-corrected chi connectivity index (χ4v) is 2.30. The highest BCUT2D eigenvalue weighted by Gasteiger charge is 2.23.